The number of hydrogen-bond acceptors (Lipinski definition) is 4. The van der Waals surface area contributed by atoms with E-state index in [1.54, 1.807) is 11.6 Å². The van der Waals surface area contributed by atoms with Gasteiger partial charge in [0.2, 0.25) is 5.91 Å². The molecule has 0 aromatic carbocycles. The minimum atomic E-state index is -0.144. The van der Waals surface area contributed by atoms with Crippen molar-refractivity contribution in [3.05, 3.63) is 22.6 Å². The Morgan fingerprint density at radius 2 is 2.53 bits per heavy atom. The average Bonchev–Trinajstić information content (AvgIpc) is 2.28. The fraction of sp³-hybridized carbons (Fsp3) is 0.444. The zero-order valence-electron chi connectivity index (χ0n) is 8.27. The van der Waals surface area contributed by atoms with Crippen LogP contribution in [0.25, 0.3) is 0 Å². The normalized spacial score (nSPS) is 19.4. The van der Waals surface area contributed by atoms with E-state index in [9.17, 15) is 9.59 Å². The molecule has 5 nitrogen and oxygen atoms in total. The highest BCUT2D eigenvalue weighted by Crippen LogP contribution is 2.24. The van der Waals surface area contributed by atoms with Crippen molar-refractivity contribution >= 4 is 17.7 Å². The molecule has 0 fully saturated rings. The predicted octanol–water partition coefficient (Wildman–Crippen LogP) is -0.289. The first-order chi connectivity index (χ1) is 7.22. The van der Waals surface area contributed by atoms with E-state index in [0.29, 0.717) is 17.5 Å². The van der Waals surface area contributed by atoms with Gasteiger partial charge in [0, 0.05) is 31.6 Å². The van der Waals surface area contributed by atoms with E-state index in [1.165, 1.54) is 24.0 Å². The molecule has 1 aromatic heterocycles. The van der Waals surface area contributed by atoms with Crippen LogP contribution in [0.15, 0.2) is 22.2 Å². The first kappa shape index (κ1) is 10.2. The van der Waals surface area contributed by atoms with Gasteiger partial charge >= 0.3 is 0 Å². The summed E-state index contributed by atoms with van der Waals surface area (Å²) in [6, 6.07) is 1.41. The predicted molar refractivity (Wildman–Crippen MR) is 56.8 cm³/mol. The van der Waals surface area contributed by atoms with Crippen LogP contribution >= 0.6 is 11.8 Å². The Hall–Kier alpha value is -1.30. The lowest BCUT2D eigenvalue weighted by molar-refractivity contribution is -0.124. The average molecular weight is 225 g/mol. The lowest BCUT2D eigenvalue weighted by Gasteiger charge is -2.22. The molecule has 15 heavy (non-hydrogen) atoms. The third-order valence-electron chi connectivity index (χ3n) is 2.33. The van der Waals surface area contributed by atoms with Gasteiger partial charge in [-0.2, -0.15) is 0 Å². The molecule has 0 aliphatic carbocycles. The van der Waals surface area contributed by atoms with Gasteiger partial charge in [-0.05, 0) is 0 Å². The van der Waals surface area contributed by atoms with E-state index in [-0.39, 0.29) is 17.4 Å². The summed E-state index contributed by atoms with van der Waals surface area (Å²) in [7, 11) is 1.61. The number of aromatic nitrogens is 2. The Kier molecular flexibility index (Phi) is 2.77. The SMILES string of the molecule is CNC(=O)C1CSc2nccc(=O)n2C1. The van der Waals surface area contributed by atoms with E-state index >= 15 is 0 Å². The van der Waals surface area contributed by atoms with E-state index in [4.69, 9.17) is 0 Å². The number of thioether (sulfide) groups is 1. The highest BCUT2D eigenvalue weighted by atomic mass is 32.2. The lowest BCUT2D eigenvalue weighted by Crippen LogP contribution is -2.38. The van der Waals surface area contributed by atoms with E-state index in [0.717, 1.165) is 0 Å². The van der Waals surface area contributed by atoms with Crippen LogP contribution in [0.1, 0.15) is 0 Å². The van der Waals surface area contributed by atoms with Crippen molar-refractivity contribution in [2.24, 2.45) is 5.92 Å². The van der Waals surface area contributed by atoms with Crippen molar-refractivity contribution in [2.45, 2.75) is 11.7 Å². The van der Waals surface area contributed by atoms with E-state index in [1.807, 2.05) is 0 Å². The molecule has 2 heterocycles. The number of amides is 1. The van der Waals surface area contributed by atoms with Crippen molar-refractivity contribution in [3.8, 4) is 0 Å². The van der Waals surface area contributed by atoms with Crippen molar-refractivity contribution in [1.82, 2.24) is 14.9 Å². The molecule has 0 bridgehead atoms. The Balaban J connectivity index is 2.30. The topological polar surface area (TPSA) is 64.0 Å². The van der Waals surface area contributed by atoms with Crippen LogP contribution < -0.4 is 10.9 Å². The number of carbonyl (C=O) groups is 1. The summed E-state index contributed by atoms with van der Waals surface area (Å²) in [5.41, 5.74) is -0.0962. The maximum Gasteiger partial charge on any atom is 0.254 e. The Morgan fingerprint density at radius 3 is 3.27 bits per heavy atom. The second-order valence-electron chi connectivity index (χ2n) is 3.30. The van der Waals surface area contributed by atoms with Crippen molar-refractivity contribution in [1.29, 1.82) is 0 Å². The van der Waals surface area contributed by atoms with Gasteiger partial charge in [0.15, 0.2) is 5.16 Å². The standard InChI is InChI=1S/C9H11N3O2S/c1-10-8(14)6-4-12-7(13)2-3-11-9(12)15-5-6/h2-3,6H,4-5H2,1H3,(H,10,14). The zero-order chi connectivity index (χ0) is 10.8. The van der Waals surface area contributed by atoms with Gasteiger partial charge in [-0.3, -0.25) is 14.2 Å². The molecule has 1 unspecified atom stereocenters. The fourth-order valence-corrected chi connectivity index (χ4v) is 2.58. The summed E-state index contributed by atoms with van der Waals surface area (Å²) in [6.45, 7) is 0.425. The molecule has 0 saturated heterocycles. The van der Waals surface area contributed by atoms with E-state index in [2.05, 4.69) is 10.3 Å². The molecule has 1 aliphatic rings. The Morgan fingerprint density at radius 1 is 1.73 bits per heavy atom. The second kappa shape index (κ2) is 4.06. The fourth-order valence-electron chi connectivity index (χ4n) is 1.51. The van der Waals surface area contributed by atoms with Crippen LogP contribution in [0.4, 0.5) is 0 Å². The van der Waals surface area contributed by atoms with E-state index < -0.39 is 0 Å². The second-order valence-corrected chi connectivity index (χ2v) is 4.29. The van der Waals surface area contributed by atoms with Crippen LogP contribution in [-0.4, -0.2) is 28.3 Å². The number of hydrogen-bond donors (Lipinski definition) is 1. The summed E-state index contributed by atoms with van der Waals surface area (Å²) in [5.74, 6) is 0.508. The van der Waals surface area contributed by atoms with Gasteiger partial charge in [-0.1, -0.05) is 11.8 Å². The number of nitrogens with zero attached hydrogens (tertiary/aromatic N) is 2. The van der Waals surface area contributed by atoms with Crippen molar-refractivity contribution in [3.63, 3.8) is 0 Å². The smallest absolute Gasteiger partial charge is 0.254 e. The van der Waals surface area contributed by atoms with Gasteiger partial charge in [0.1, 0.15) is 0 Å². The van der Waals surface area contributed by atoms with Gasteiger partial charge in [0.05, 0.1) is 5.92 Å². The Bertz CT molecular complexity index is 443. The molecule has 0 saturated carbocycles. The Labute approximate surface area is 90.9 Å². The number of carbonyl (C=O) groups excluding carboxylic acids is 1. The first-order valence-electron chi connectivity index (χ1n) is 4.62. The summed E-state index contributed by atoms with van der Waals surface area (Å²) in [5, 5.41) is 3.29. The molecule has 80 valence electrons. The highest BCUT2D eigenvalue weighted by Gasteiger charge is 2.25. The van der Waals surface area contributed by atoms with Gasteiger partial charge in [0.25, 0.3) is 5.56 Å². The molecule has 6 heteroatoms. The van der Waals surface area contributed by atoms with Crippen LogP contribution in [-0.2, 0) is 11.3 Å². The lowest BCUT2D eigenvalue weighted by atomic mass is 10.1. The first-order valence-corrected chi connectivity index (χ1v) is 5.61. The van der Waals surface area contributed by atoms with Crippen LogP contribution in [0, 0.1) is 5.92 Å². The highest BCUT2D eigenvalue weighted by molar-refractivity contribution is 7.99. The molecular weight excluding hydrogens is 214 g/mol. The number of fused-ring (bicyclic) bond motifs is 1. The summed E-state index contributed by atoms with van der Waals surface area (Å²) < 4.78 is 1.55. The minimum absolute atomic E-state index is 0.0242. The number of rotatable bonds is 1. The van der Waals surface area contributed by atoms with Crippen molar-refractivity contribution < 1.29 is 4.79 Å². The summed E-state index contributed by atoms with van der Waals surface area (Å²) in [4.78, 5) is 27.0. The van der Waals surface area contributed by atoms with Crippen LogP contribution in [0.5, 0.6) is 0 Å². The molecule has 1 aromatic rings. The third kappa shape index (κ3) is 1.90. The quantitative estimate of drug-likeness (QED) is 0.667. The van der Waals surface area contributed by atoms with Crippen molar-refractivity contribution in [2.75, 3.05) is 12.8 Å². The monoisotopic (exact) mass is 225 g/mol. The van der Waals surface area contributed by atoms with Gasteiger partial charge in [-0.25, -0.2) is 4.98 Å². The summed E-state index contributed by atoms with van der Waals surface area (Å²) in [6.07, 6.45) is 1.50. The summed E-state index contributed by atoms with van der Waals surface area (Å²) >= 11 is 1.45. The molecule has 1 amide bonds. The minimum Gasteiger partial charge on any atom is -0.359 e. The molecule has 0 radical (unpaired) electrons. The van der Waals surface area contributed by atoms with Crippen LogP contribution in [0.3, 0.4) is 0 Å². The molecule has 0 spiro atoms. The van der Waals surface area contributed by atoms with Gasteiger partial charge in [-0.15, -0.1) is 0 Å². The largest absolute Gasteiger partial charge is 0.359 e. The molecule has 2 rings (SSSR count). The van der Waals surface area contributed by atoms with Gasteiger partial charge < -0.3 is 5.32 Å². The maximum absolute atomic E-state index is 11.5. The maximum atomic E-state index is 11.5. The number of nitrogens with one attached hydrogen (secondary N) is 1. The molecule has 1 atom stereocenters. The molecular formula is C9H11N3O2S. The molecule has 1 aliphatic heterocycles. The van der Waals surface area contributed by atoms with Crippen LogP contribution in [0.2, 0.25) is 0 Å². The molecule has 1 N–H and O–H groups in total. The zero-order valence-corrected chi connectivity index (χ0v) is 9.08. The third-order valence-corrected chi connectivity index (χ3v) is 3.49.